The Kier molecular flexibility index (Phi) is 7.45. The topological polar surface area (TPSA) is 22.3 Å². The Bertz CT molecular complexity index is 906. The third-order valence-electron chi connectivity index (χ3n) is 4.13. The first-order valence-electron chi connectivity index (χ1n) is 8.68. The summed E-state index contributed by atoms with van der Waals surface area (Å²) in [6.07, 6.45) is 4.22. The summed E-state index contributed by atoms with van der Waals surface area (Å²) in [5.41, 5.74) is 3.44. The van der Waals surface area contributed by atoms with Gasteiger partial charge in [-0.25, -0.2) is 0 Å². The highest BCUT2D eigenvalue weighted by atomic mass is 127. The number of rotatable bonds is 6. The lowest BCUT2D eigenvalue weighted by Gasteiger charge is -2.11. The van der Waals surface area contributed by atoms with E-state index in [-0.39, 0.29) is 24.0 Å². The molecule has 0 bridgehead atoms. The lowest BCUT2D eigenvalue weighted by Crippen LogP contribution is -3.00. The predicted octanol–water partition coefficient (Wildman–Crippen LogP) is 1.64. The zero-order valence-electron chi connectivity index (χ0n) is 15.4. The van der Waals surface area contributed by atoms with Crippen molar-refractivity contribution in [2.24, 2.45) is 7.05 Å². The smallest absolute Gasteiger partial charge is 0.212 e. The van der Waals surface area contributed by atoms with Gasteiger partial charge in [-0.15, -0.1) is 0 Å². The fourth-order valence-corrected chi connectivity index (χ4v) is 2.88. The van der Waals surface area contributed by atoms with Gasteiger partial charge in [-0.05, 0) is 49.8 Å². The molecule has 0 aliphatic rings. The van der Waals surface area contributed by atoms with Crippen molar-refractivity contribution in [2.45, 2.75) is 13.8 Å². The molecule has 3 nitrogen and oxygen atoms in total. The highest BCUT2D eigenvalue weighted by Crippen LogP contribution is 2.29. The van der Waals surface area contributed by atoms with Crippen LogP contribution in [0.3, 0.4) is 0 Å². The number of para-hydroxylation sites is 1. The molecule has 0 saturated carbocycles. The molecule has 0 amide bonds. The van der Waals surface area contributed by atoms with Gasteiger partial charge < -0.3 is 33.5 Å². The molecule has 0 atom stereocenters. The van der Waals surface area contributed by atoms with Crippen molar-refractivity contribution in [3.8, 4) is 11.5 Å². The zero-order chi connectivity index (χ0) is 17.6. The van der Waals surface area contributed by atoms with E-state index < -0.39 is 0 Å². The third kappa shape index (κ3) is 4.55. The summed E-state index contributed by atoms with van der Waals surface area (Å²) in [6.45, 7) is 5.20. The maximum Gasteiger partial charge on any atom is 0.212 e. The summed E-state index contributed by atoms with van der Waals surface area (Å²) >= 11 is 0. The minimum Gasteiger partial charge on any atom is -1.00 e. The lowest BCUT2D eigenvalue weighted by atomic mass is 10.1. The van der Waals surface area contributed by atoms with Gasteiger partial charge in [0.2, 0.25) is 11.2 Å². The molecule has 0 unspecified atom stereocenters. The Morgan fingerprint density at radius 2 is 1.58 bits per heavy atom. The number of pyridine rings is 1. The molecule has 1 heterocycles. The van der Waals surface area contributed by atoms with E-state index in [4.69, 9.17) is 9.47 Å². The van der Waals surface area contributed by atoms with E-state index in [1.807, 2.05) is 32.0 Å². The molecule has 3 rings (SSSR count). The standard InChI is InChI=1S/C22H24NO2.HI/c1-4-24-21-15-11-17(16-22(21)25-5-2)10-13-19-14-12-18-8-6-7-9-20(18)23(19)3;/h6-16H,4-5H2,1-3H3;1H/q+1;/p-1/b13-10+;. The zero-order valence-corrected chi connectivity index (χ0v) is 17.6. The molecule has 0 spiro atoms. The number of hydrogen-bond acceptors (Lipinski definition) is 2. The summed E-state index contributed by atoms with van der Waals surface area (Å²) in [5, 5.41) is 1.24. The van der Waals surface area contributed by atoms with Gasteiger partial charge in [-0.1, -0.05) is 18.2 Å². The summed E-state index contributed by atoms with van der Waals surface area (Å²) in [4.78, 5) is 0. The van der Waals surface area contributed by atoms with Crippen molar-refractivity contribution >= 4 is 23.1 Å². The number of ether oxygens (including phenoxy) is 2. The highest BCUT2D eigenvalue weighted by Gasteiger charge is 2.09. The number of hydrogen-bond donors (Lipinski definition) is 0. The normalized spacial score (nSPS) is 10.7. The van der Waals surface area contributed by atoms with Gasteiger partial charge >= 0.3 is 0 Å². The van der Waals surface area contributed by atoms with Crippen LogP contribution in [0.4, 0.5) is 0 Å². The minimum atomic E-state index is 0. The number of aromatic nitrogens is 1. The Morgan fingerprint density at radius 3 is 2.35 bits per heavy atom. The summed E-state index contributed by atoms with van der Waals surface area (Å²) in [5.74, 6) is 1.58. The third-order valence-corrected chi connectivity index (χ3v) is 4.13. The molecular formula is C22H24INO2. The summed E-state index contributed by atoms with van der Waals surface area (Å²) in [6, 6.07) is 18.7. The molecule has 0 aliphatic carbocycles. The van der Waals surface area contributed by atoms with Gasteiger partial charge in [0.05, 0.1) is 13.2 Å². The molecule has 0 aliphatic heterocycles. The van der Waals surface area contributed by atoms with E-state index in [2.05, 4.69) is 60.2 Å². The number of nitrogens with zero attached hydrogens (tertiary/aromatic N) is 1. The Morgan fingerprint density at radius 1 is 0.846 bits per heavy atom. The van der Waals surface area contributed by atoms with E-state index in [0.717, 1.165) is 22.8 Å². The van der Waals surface area contributed by atoms with Crippen LogP contribution < -0.4 is 38.0 Å². The fourth-order valence-electron chi connectivity index (χ4n) is 2.88. The Balaban J connectivity index is 0.00000243. The second kappa shape index (κ2) is 9.57. The molecule has 0 fully saturated rings. The molecule has 1 aromatic heterocycles. The minimum absolute atomic E-state index is 0. The van der Waals surface area contributed by atoms with Gasteiger partial charge in [0, 0.05) is 23.6 Å². The molecule has 26 heavy (non-hydrogen) atoms. The van der Waals surface area contributed by atoms with E-state index in [1.54, 1.807) is 0 Å². The van der Waals surface area contributed by atoms with E-state index in [1.165, 1.54) is 10.9 Å². The second-order valence-corrected chi connectivity index (χ2v) is 5.78. The van der Waals surface area contributed by atoms with Crippen LogP contribution >= 0.6 is 0 Å². The van der Waals surface area contributed by atoms with E-state index >= 15 is 0 Å². The van der Waals surface area contributed by atoms with Crippen LogP contribution in [0.5, 0.6) is 11.5 Å². The van der Waals surface area contributed by atoms with Gasteiger partial charge in [0.15, 0.2) is 11.5 Å². The van der Waals surface area contributed by atoms with Crippen LogP contribution in [0.25, 0.3) is 23.1 Å². The molecular weight excluding hydrogens is 437 g/mol. The lowest BCUT2D eigenvalue weighted by molar-refractivity contribution is -0.646. The van der Waals surface area contributed by atoms with Gasteiger partial charge in [0.25, 0.3) is 0 Å². The van der Waals surface area contributed by atoms with Crippen LogP contribution in [0.15, 0.2) is 54.6 Å². The molecule has 0 N–H and O–H groups in total. The number of fused-ring (bicyclic) bond motifs is 1. The molecule has 0 saturated heterocycles. The second-order valence-electron chi connectivity index (χ2n) is 5.78. The van der Waals surface area contributed by atoms with E-state index in [0.29, 0.717) is 13.2 Å². The SMILES string of the molecule is CCOc1ccc(/C=C/c2ccc3ccccc3[n+]2C)cc1OCC.[I-]. The fraction of sp³-hybridized carbons (Fsp3) is 0.227. The van der Waals surface area contributed by atoms with Crippen molar-refractivity contribution < 1.29 is 38.0 Å². The van der Waals surface area contributed by atoms with Gasteiger partial charge in [-0.2, -0.15) is 4.57 Å². The maximum absolute atomic E-state index is 5.70. The monoisotopic (exact) mass is 461 g/mol. The average Bonchev–Trinajstić information content (AvgIpc) is 2.64. The molecule has 4 heteroatoms. The average molecular weight is 461 g/mol. The first-order chi connectivity index (χ1) is 12.2. The number of halogens is 1. The van der Waals surface area contributed by atoms with Crippen molar-refractivity contribution in [3.05, 3.63) is 65.9 Å². The van der Waals surface area contributed by atoms with E-state index in [9.17, 15) is 0 Å². The van der Waals surface area contributed by atoms with Crippen molar-refractivity contribution in [2.75, 3.05) is 13.2 Å². The highest BCUT2D eigenvalue weighted by molar-refractivity contribution is 5.77. The van der Waals surface area contributed by atoms with Crippen molar-refractivity contribution in [3.63, 3.8) is 0 Å². The van der Waals surface area contributed by atoms with Gasteiger partial charge in [0.1, 0.15) is 7.05 Å². The molecule has 0 radical (unpaired) electrons. The molecule has 2 aromatic carbocycles. The summed E-state index contributed by atoms with van der Waals surface area (Å²) < 4.78 is 13.5. The predicted molar refractivity (Wildman–Crippen MR) is 103 cm³/mol. The summed E-state index contributed by atoms with van der Waals surface area (Å²) in [7, 11) is 2.09. The van der Waals surface area contributed by atoms with Crippen LogP contribution in [-0.4, -0.2) is 13.2 Å². The van der Waals surface area contributed by atoms with Crippen molar-refractivity contribution in [1.29, 1.82) is 0 Å². The molecule has 136 valence electrons. The first kappa shape index (κ1) is 20.2. The first-order valence-corrected chi connectivity index (χ1v) is 8.68. The van der Waals surface area contributed by atoms with Crippen LogP contribution in [0, 0.1) is 0 Å². The van der Waals surface area contributed by atoms with Crippen LogP contribution in [-0.2, 0) is 7.05 Å². The quantitative estimate of drug-likeness (QED) is 0.412. The van der Waals surface area contributed by atoms with Crippen molar-refractivity contribution in [1.82, 2.24) is 0 Å². The van der Waals surface area contributed by atoms with Crippen LogP contribution in [0.1, 0.15) is 25.1 Å². The number of benzene rings is 2. The maximum atomic E-state index is 5.70. The Hall–Kier alpha value is -2.08. The number of aryl methyl sites for hydroxylation is 1. The van der Waals surface area contributed by atoms with Crippen LogP contribution in [0.2, 0.25) is 0 Å². The molecule has 3 aromatic rings. The largest absolute Gasteiger partial charge is 1.00 e. The Labute approximate surface area is 172 Å². The van der Waals surface area contributed by atoms with Gasteiger partial charge in [-0.3, -0.25) is 0 Å².